The number of hydrogen-bond acceptors (Lipinski definition) is 3. The predicted octanol–water partition coefficient (Wildman–Crippen LogP) is 2.10. The minimum absolute atomic E-state index is 0.241. The number of hydrogen-bond donors (Lipinski definition) is 1. The predicted molar refractivity (Wildman–Crippen MR) is 69.5 cm³/mol. The summed E-state index contributed by atoms with van der Waals surface area (Å²) < 4.78 is 0. The molecule has 0 saturated carbocycles. The van der Waals surface area contributed by atoms with Crippen molar-refractivity contribution in [1.29, 1.82) is 0 Å². The lowest BCUT2D eigenvalue weighted by molar-refractivity contribution is 0.0949. The van der Waals surface area contributed by atoms with Crippen LogP contribution in [0.3, 0.4) is 0 Å². The van der Waals surface area contributed by atoms with Crippen molar-refractivity contribution >= 4 is 17.5 Å². The highest BCUT2D eigenvalue weighted by atomic mass is 35.5. The van der Waals surface area contributed by atoms with Crippen LogP contribution in [-0.2, 0) is 6.42 Å². The minimum Gasteiger partial charge on any atom is -0.350 e. The standard InChI is InChI=1S/C13H12ClN3O/c14-12-9-16-11(8-17-12)13(18)15-7-6-10-4-2-1-3-5-10/h1-5,8-9H,6-7H2,(H,15,18). The van der Waals surface area contributed by atoms with E-state index in [-0.39, 0.29) is 16.8 Å². The summed E-state index contributed by atoms with van der Waals surface area (Å²) in [4.78, 5) is 19.4. The average Bonchev–Trinajstić information content (AvgIpc) is 2.40. The number of nitrogens with one attached hydrogen (secondary N) is 1. The van der Waals surface area contributed by atoms with Gasteiger partial charge in [-0.25, -0.2) is 9.97 Å². The van der Waals surface area contributed by atoms with E-state index < -0.39 is 0 Å². The quantitative estimate of drug-likeness (QED) is 0.917. The molecule has 0 aliphatic rings. The zero-order valence-corrected chi connectivity index (χ0v) is 10.4. The van der Waals surface area contributed by atoms with Gasteiger partial charge in [-0.1, -0.05) is 41.9 Å². The van der Waals surface area contributed by atoms with Crippen LogP contribution in [0.1, 0.15) is 16.1 Å². The van der Waals surface area contributed by atoms with Gasteiger partial charge in [0.15, 0.2) is 0 Å². The van der Waals surface area contributed by atoms with Crippen LogP contribution in [0.4, 0.5) is 0 Å². The number of amides is 1. The maximum Gasteiger partial charge on any atom is 0.271 e. The molecule has 0 aliphatic carbocycles. The van der Waals surface area contributed by atoms with Gasteiger partial charge < -0.3 is 5.32 Å². The third-order valence-electron chi connectivity index (χ3n) is 2.40. The van der Waals surface area contributed by atoms with Crippen molar-refractivity contribution in [1.82, 2.24) is 15.3 Å². The molecule has 1 N–H and O–H groups in total. The van der Waals surface area contributed by atoms with Gasteiger partial charge in [-0.2, -0.15) is 0 Å². The molecule has 0 radical (unpaired) electrons. The van der Waals surface area contributed by atoms with Gasteiger partial charge in [0.1, 0.15) is 10.8 Å². The first kappa shape index (κ1) is 12.5. The Kier molecular flexibility index (Phi) is 4.25. The molecule has 0 unspecified atom stereocenters. The van der Waals surface area contributed by atoms with Gasteiger partial charge in [0.05, 0.1) is 12.4 Å². The van der Waals surface area contributed by atoms with E-state index in [1.165, 1.54) is 18.0 Å². The highest BCUT2D eigenvalue weighted by Gasteiger charge is 2.06. The van der Waals surface area contributed by atoms with Crippen molar-refractivity contribution in [2.45, 2.75) is 6.42 Å². The van der Waals surface area contributed by atoms with Crippen LogP contribution in [0.5, 0.6) is 0 Å². The highest BCUT2D eigenvalue weighted by Crippen LogP contribution is 2.01. The molecule has 0 saturated heterocycles. The molecule has 2 rings (SSSR count). The van der Waals surface area contributed by atoms with Crippen LogP contribution in [0.15, 0.2) is 42.7 Å². The molecule has 1 aromatic carbocycles. The summed E-state index contributed by atoms with van der Waals surface area (Å²) in [6.07, 6.45) is 3.50. The van der Waals surface area contributed by atoms with E-state index in [0.717, 1.165) is 6.42 Å². The first-order chi connectivity index (χ1) is 8.75. The van der Waals surface area contributed by atoms with E-state index in [1.54, 1.807) is 0 Å². The fourth-order valence-corrected chi connectivity index (χ4v) is 1.58. The van der Waals surface area contributed by atoms with Gasteiger partial charge in [-0.05, 0) is 12.0 Å². The van der Waals surface area contributed by atoms with Gasteiger partial charge in [0.25, 0.3) is 5.91 Å². The Labute approximate surface area is 110 Å². The number of rotatable bonds is 4. The number of aromatic nitrogens is 2. The molecule has 92 valence electrons. The van der Waals surface area contributed by atoms with E-state index in [4.69, 9.17) is 11.6 Å². The van der Waals surface area contributed by atoms with Crippen molar-refractivity contribution in [3.05, 3.63) is 59.1 Å². The van der Waals surface area contributed by atoms with Crippen LogP contribution in [-0.4, -0.2) is 22.4 Å². The smallest absolute Gasteiger partial charge is 0.271 e. The molecule has 1 amide bonds. The fraction of sp³-hybridized carbons (Fsp3) is 0.154. The largest absolute Gasteiger partial charge is 0.350 e. The van der Waals surface area contributed by atoms with E-state index in [9.17, 15) is 4.79 Å². The molecule has 0 atom stereocenters. The molecule has 1 heterocycles. The van der Waals surface area contributed by atoms with E-state index in [0.29, 0.717) is 6.54 Å². The second-order valence-electron chi connectivity index (χ2n) is 3.72. The van der Waals surface area contributed by atoms with Crippen LogP contribution in [0, 0.1) is 0 Å². The molecular formula is C13H12ClN3O. The lowest BCUT2D eigenvalue weighted by Crippen LogP contribution is -2.26. The summed E-state index contributed by atoms with van der Waals surface area (Å²) in [5, 5.41) is 3.06. The maximum atomic E-state index is 11.7. The van der Waals surface area contributed by atoms with Gasteiger partial charge >= 0.3 is 0 Å². The Morgan fingerprint density at radius 1 is 1.17 bits per heavy atom. The Morgan fingerprint density at radius 2 is 1.94 bits per heavy atom. The zero-order valence-electron chi connectivity index (χ0n) is 9.64. The van der Waals surface area contributed by atoms with Crippen molar-refractivity contribution < 1.29 is 4.79 Å². The molecule has 4 nitrogen and oxygen atoms in total. The molecule has 0 spiro atoms. The van der Waals surface area contributed by atoms with E-state index in [2.05, 4.69) is 15.3 Å². The first-order valence-corrected chi connectivity index (χ1v) is 5.93. The van der Waals surface area contributed by atoms with E-state index >= 15 is 0 Å². The highest BCUT2D eigenvalue weighted by molar-refractivity contribution is 6.29. The summed E-state index contributed by atoms with van der Waals surface area (Å²) in [6, 6.07) is 9.96. The van der Waals surface area contributed by atoms with Crippen molar-refractivity contribution in [2.75, 3.05) is 6.54 Å². The van der Waals surface area contributed by atoms with Gasteiger partial charge in [-0.15, -0.1) is 0 Å². The van der Waals surface area contributed by atoms with Gasteiger partial charge in [0, 0.05) is 6.54 Å². The number of carbonyl (C=O) groups excluding carboxylic acids is 1. The number of nitrogens with zero attached hydrogens (tertiary/aromatic N) is 2. The normalized spacial score (nSPS) is 10.1. The van der Waals surface area contributed by atoms with Crippen molar-refractivity contribution in [3.63, 3.8) is 0 Å². The number of carbonyl (C=O) groups is 1. The molecule has 1 aromatic heterocycles. The summed E-state index contributed by atoms with van der Waals surface area (Å²) in [7, 11) is 0. The lowest BCUT2D eigenvalue weighted by Gasteiger charge is -2.04. The van der Waals surface area contributed by atoms with Crippen molar-refractivity contribution in [3.8, 4) is 0 Å². The molecule has 2 aromatic rings. The first-order valence-electron chi connectivity index (χ1n) is 5.55. The molecule has 0 fully saturated rings. The zero-order chi connectivity index (χ0) is 12.8. The SMILES string of the molecule is O=C(NCCc1ccccc1)c1cnc(Cl)cn1. The maximum absolute atomic E-state index is 11.7. The van der Waals surface area contributed by atoms with Crippen LogP contribution < -0.4 is 5.32 Å². The Bertz CT molecular complexity index is 514. The van der Waals surface area contributed by atoms with Crippen LogP contribution in [0.25, 0.3) is 0 Å². The van der Waals surface area contributed by atoms with Crippen LogP contribution in [0.2, 0.25) is 5.15 Å². The minimum atomic E-state index is -0.241. The Morgan fingerprint density at radius 3 is 2.61 bits per heavy atom. The second-order valence-corrected chi connectivity index (χ2v) is 4.10. The lowest BCUT2D eigenvalue weighted by atomic mass is 10.1. The Hall–Kier alpha value is -1.94. The van der Waals surface area contributed by atoms with Crippen LogP contribution >= 0.6 is 11.6 Å². The average molecular weight is 262 g/mol. The number of halogens is 1. The number of benzene rings is 1. The summed E-state index contributed by atoms with van der Waals surface area (Å²) >= 11 is 5.60. The van der Waals surface area contributed by atoms with Gasteiger partial charge in [0.2, 0.25) is 0 Å². The molecule has 0 bridgehead atoms. The third kappa shape index (κ3) is 3.53. The molecule has 5 heteroatoms. The summed E-state index contributed by atoms with van der Waals surface area (Å²) in [5.41, 5.74) is 1.45. The topological polar surface area (TPSA) is 54.9 Å². The summed E-state index contributed by atoms with van der Waals surface area (Å²) in [6.45, 7) is 0.563. The second kappa shape index (κ2) is 6.12. The van der Waals surface area contributed by atoms with E-state index in [1.807, 2.05) is 30.3 Å². The van der Waals surface area contributed by atoms with Crippen molar-refractivity contribution in [2.24, 2.45) is 0 Å². The van der Waals surface area contributed by atoms with Gasteiger partial charge in [-0.3, -0.25) is 4.79 Å². The summed E-state index contributed by atoms with van der Waals surface area (Å²) in [5.74, 6) is -0.241. The Balaban J connectivity index is 1.84. The molecule has 18 heavy (non-hydrogen) atoms. The molecule has 0 aliphatic heterocycles. The molecular weight excluding hydrogens is 250 g/mol. The monoisotopic (exact) mass is 261 g/mol. The third-order valence-corrected chi connectivity index (χ3v) is 2.59. The fourth-order valence-electron chi connectivity index (χ4n) is 1.49.